The molecule has 0 spiro atoms. The average molecular weight is 905 g/mol. The van der Waals surface area contributed by atoms with Gasteiger partial charge < -0.3 is 19.7 Å². The van der Waals surface area contributed by atoms with Crippen LogP contribution in [-0.4, -0.2) is 117 Å². The molecule has 12 bridgehead atoms. The number of aliphatic hydroxyl groups is 2. The number of benzene rings is 2. The van der Waals surface area contributed by atoms with Crippen molar-refractivity contribution in [2.75, 3.05) is 24.7 Å². The lowest BCUT2D eigenvalue weighted by Crippen LogP contribution is -2.34. The van der Waals surface area contributed by atoms with E-state index in [1.165, 1.54) is 57.3 Å². The Bertz CT molecular complexity index is 2800. The van der Waals surface area contributed by atoms with E-state index < -0.39 is 80.1 Å². The Balaban J connectivity index is 1.11. The van der Waals surface area contributed by atoms with E-state index in [0.717, 1.165) is 6.33 Å². The number of nitrogens with zero attached hydrogens (tertiary/aromatic N) is 10. The number of hydrogen-bond acceptors (Lipinski definition) is 17. The Morgan fingerprint density at radius 2 is 1.62 bits per heavy atom. The maximum atomic E-state index is 16.7. The second-order valence-electron chi connectivity index (χ2n) is 14.4. The zero-order valence-corrected chi connectivity index (χ0v) is 34.3. The first-order valence-corrected chi connectivity index (χ1v) is 22.5. The van der Waals surface area contributed by atoms with Gasteiger partial charge in [0.1, 0.15) is 42.6 Å². The number of ether oxygens (including phenoxy) is 2. The van der Waals surface area contributed by atoms with Crippen molar-refractivity contribution < 1.29 is 51.8 Å². The maximum absolute atomic E-state index is 16.7. The summed E-state index contributed by atoms with van der Waals surface area (Å²) in [6.07, 6.45) is -8.49. The molecule has 0 aliphatic carbocycles. The van der Waals surface area contributed by atoms with Crippen LogP contribution in [0.2, 0.25) is 0 Å². The summed E-state index contributed by atoms with van der Waals surface area (Å²) in [5.74, 6) is 5.34. The van der Waals surface area contributed by atoms with Crippen molar-refractivity contribution in [2.24, 2.45) is 0 Å². The van der Waals surface area contributed by atoms with Crippen LogP contribution in [0.15, 0.2) is 79.9 Å². The van der Waals surface area contributed by atoms with Crippen molar-refractivity contribution in [3.8, 4) is 11.8 Å². The first kappa shape index (κ1) is 42.5. The normalized spacial score (nSPS) is 27.7. The fourth-order valence-electron chi connectivity index (χ4n) is 7.50. The largest absolute Gasteiger partial charge is 0.394 e. The summed E-state index contributed by atoms with van der Waals surface area (Å²) in [6, 6.07) is 14.1. The van der Waals surface area contributed by atoms with Gasteiger partial charge in [-0.1, -0.05) is 42.3 Å². The van der Waals surface area contributed by atoms with Gasteiger partial charge in [-0.25, -0.2) is 43.2 Å². The topological polar surface area (TPSA) is 245 Å². The predicted molar refractivity (Wildman–Crippen MR) is 218 cm³/mol. The molecule has 2 unspecified atom stereocenters. The van der Waals surface area contributed by atoms with Gasteiger partial charge in [-0.05, 0) is 23.5 Å². The van der Waals surface area contributed by atoms with Crippen LogP contribution < -0.4 is 4.90 Å². The monoisotopic (exact) mass is 904 g/mol. The third kappa shape index (κ3) is 8.15. The Hall–Kier alpha value is -5.83. The molecule has 9 atom stereocenters. The minimum Gasteiger partial charge on any atom is -0.394 e. The van der Waals surface area contributed by atoms with Crippen molar-refractivity contribution in [3.05, 3.63) is 107 Å². The number of carbonyl (C=O) groups excluding carboxylic acids is 1. The van der Waals surface area contributed by atoms with Gasteiger partial charge in [0.25, 0.3) is 11.6 Å². The fourth-order valence-corrected chi connectivity index (χ4v) is 10.9. The fraction of sp³-hybridized carbons (Fsp3) is 0.359. The van der Waals surface area contributed by atoms with E-state index in [1.54, 1.807) is 30.3 Å². The van der Waals surface area contributed by atoms with Gasteiger partial charge in [0.15, 0.2) is 47.4 Å². The van der Waals surface area contributed by atoms with Gasteiger partial charge >= 0.3 is 6.80 Å². The number of alkyl halides is 2. The van der Waals surface area contributed by atoms with Gasteiger partial charge in [0.2, 0.25) is 0 Å². The number of halogens is 2. The minimum atomic E-state index is -4.70. The highest BCUT2D eigenvalue weighted by Crippen LogP contribution is 2.64. The summed E-state index contributed by atoms with van der Waals surface area (Å²) in [5, 5.41) is 33.3. The molecule has 0 saturated carbocycles. The van der Waals surface area contributed by atoms with Crippen LogP contribution in [-0.2, 0) is 35.3 Å². The molecule has 1 amide bonds. The number of aryl methyl sites for hydroxylation is 1. The molecule has 3 aliphatic rings. The number of aromatic nitrogens is 8. The molecule has 6 aromatic rings. The van der Waals surface area contributed by atoms with Crippen molar-refractivity contribution in [3.63, 3.8) is 0 Å². The first-order chi connectivity index (χ1) is 30.5. The Morgan fingerprint density at radius 1 is 0.921 bits per heavy atom. The molecule has 7 heterocycles. The highest BCUT2D eigenvalue weighted by atomic mass is 32.7. The van der Waals surface area contributed by atoms with E-state index in [9.17, 15) is 29.7 Å². The standard InChI is InChI=1S/C39H35F2N10O10PS/c40-28-32(53)27-16-58-62(57,63-17-23-11-6-7-13-25(23)51(55)56)61-33-26(15-52)59-39(29(33)41)49-20-46-30-24(42-18-43-34(30)49)12-5-2-8-14-48(37(54)22-9-3-1-4-10-22)35-31-36(45-19-44-35)50(21-47-31)38(28)60-27/h1,3-4,6-7,9-11,13,18-21,26-29,32-33,38-39,52-53H,5,12,14-17H2/t26-,27-,28-,29-,32?,33?,38-,39-,62+/m1/s1. The number of fused-ring (bicyclic) bond motifs is 6. The molecule has 24 heteroatoms. The lowest BCUT2D eigenvalue weighted by Gasteiger charge is -2.26. The van der Waals surface area contributed by atoms with E-state index in [2.05, 4.69) is 41.7 Å². The van der Waals surface area contributed by atoms with Crippen LogP contribution in [0.1, 0.15) is 40.5 Å². The van der Waals surface area contributed by atoms with E-state index in [1.807, 2.05) is 0 Å². The minimum absolute atomic E-state index is 0.0377. The molecule has 2 aromatic carbocycles. The Kier molecular flexibility index (Phi) is 12.0. The number of nitro groups is 1. The molecular formula is C39H35F2N10O10PS. The number of imidazole rings is 2. The lowest BCUT2D eigenvalue weighted by atomic mass is 10.1. The van der Waals surface area contributed by atoms with Gasteiger partial charge in [-0.3, -0.25) is 38.0 Å². The molecule has 9 rings (SSSR count). The second kappa shape index (κ2) is 17.7. The number of carbonyl (C=O) groups is 1. The van der Waals surface area contributed by atoms with Gasteiger partial charge in [0.05, 0.1) is 43.0 Å². The van der Waals surface area contributed by atoms with Crippen LogP contribution in [0.5, 0.6) is 0 Å². The van der Waals surface area contributed by atoms with Crippen LogP contribution in [0.25, 0.3) is 22.3 Å². The van der Waals surface area contributed by atoms with Crippen molar-refractivity contribution in [1.29, 1.82) is 0 Å². The molecule has 2 N–H and O–H groups in total. The van der Waals surface area contributed by atoms with E-state index in [0.29, 0.717) is 28.2 Å². The number of hydrogen-bond donors (Lipinski definition) is 2. The zero-order chi connectivity index (χ0) is 43.8. The number of nitro benzene ring substituents is 1. The van der Waals surface area contributed by atoms with E-state index >= 15 is 8.78 Å². The van der Waals surface area contributed by atoms with E-state index in [4.69, 9.17) is 18.5 Å². The third-order valence-electron chi connectivity index (χ3n) is 10.6. The summed E-state index contributed by atoms with van der Waals surface area (Å²) in [6.45, 7) is -6.43. The number of para-hydroxylation sites is 1. The number of aliphatic hydroxyl groups excluding tert-OH is 2. The Labute approximate surface area is 359 Å². The maximum Gasteiger partial charge on any atom is 0.390 e. The van der Waals surface area contributed by atoms with Crippen LogP contribution in [0.3, 0.4) is 0 Å². The third-order valence-corrected chi connectivity index (χ3v) is 14.3. The van der Waals surface area contributed by atoms with Crippen LogP contribution >= 0.6 is 18.2 Å². The first-order valence-electron chi connectivity index (χ1n) is 19.4. The smallest absolute Gasteiger partial charge is 0.390 e. The molecule has 20 nitrogen and oxygen atoms in total. The van der Waals surface area contributed by atoms with Crippen molar-refractivity contribution >= 4 is 57.9 Å². The molecular weight excluding hydrogens is 870 g/mol. The highest BCUT2D eigenvalue weighted by molar-refractivity contribution is 8.54. The van der Waals surface area contributed by atoms with Crippen LogP contribution in [0.4, 0.5) is 20.3 Å². The number of anilines is 1. The summed E-state index contributed by atoms with van der Waals surface area (Å²) in [4.78, 5) is 52.7. The predicted octanol–water partition coefficient (Wildman–Crippen LogP) is 4.44. The average Bonchev–Trinajstić information content (AvgIpc) is 4.07. The summed E-state index contributed by atoms with van der Waals surface area (Å²) in [7, 11) is 0. The summed E-state index contributed by atoms with van der Waals surface area (Å²) in [5.41, 5.74) is 1.23. The summed E-state index contributed by atoms with van der Waals surface area (Å²) >= 11 is 0.474. The molecule has 63 heavy (non-hydrogen) atoms. The van der Waals surface area contributed by atoms with Crippen LogP contribution in [0, 0.1) is 22.0 Å². The molecule has 3 aliphatic heterocycles. The quantitative estimate of drug-likeness (QED) is 0.102. The van der Waals surface area contributed by atoms with Crippen molar-refractivity contribution in [1.82, 2.24) is 39.0 Å². The van der Waals surface area contributed by atoms with Gasteiger partial charge in [-0.2, -0.15) is 0 Å². The zero-order valence-electron chi connectivity index (χ0n) is 32.6. The lowest BCUT2D eigenvalue weighted by molar-refractivity contribution is -0.385. The Morgan fingerprint density at radius 3 is 2.38 bits per heavy atom. The van der Waals surface area contributed by atoms with Gasteiger partial charge in [0, 0.05) is 35.8 Å². The highest BCUT2D eigenvalue weighted by Gasteiger charge is 2.52. The molecule has 2 saturated heterocycles. The number of amides is 1. The molecule has 2 fully saturated rings. The molecule has 326 valence electrons. The molecule has 4 aromatic heterocycles. The summed E-state index contributed by atoms with van der Waals surface area (Å²) < 4.78 is 73.7. The SMILES string of the molecule is O=C(c1ccccc1)N1CC#CCCc2ncnc3c2ncn3[C@@H]2O[C@H](CO)C(O[P@@](=O)(SCc3ccccc3[N+](=O)[O-])OC[C@H]3O[C@H]([C@H](F)C3O)n3cnc4c1ncnc43)[C@H]2F. The second-order valence-corrected chi connectivity index (χ2v) is 18.5. The van der Waals surface area contributed by atoms with Gasteiger partial charge in [-0.15, -0.1) is 5.92 Å². The van der Waals surface area contributed by atoms with E-state index in [-0.39, 0.29) is 59.0 Å². The molecule has 0 radical (unpaired) electrons. The van der Waals surface area contributed by atoms with Crippen molar-refractivity contribution in [2.45, 2.75) is 67.8 Å². The number of rotatable bonds is 6.